The number of carboxylic acids is 1. The molecule has 118 valence electrons. The Bertz CT molecular complexity index is 509. The van der Waals surface area contributed by atoms with Crippen LogP contribution in [0.5, 0.6) is 5.75 Å². The Morgan fingerprint density at radius 1 is 1.29 bits per heavy atom. The number of ether oxygens (including phenoxy) is 1. The first-order valence-electron chi connectivity index (χ1n) is 6.27. The van der Waals surface area contributed by atoms with Crippen LogP contribution in [0, 0.1) is 11.2 Å². The minimum absolute atomic E-state index is 0.0552. The molecular formula is C14H16F4O3. The zero-order valence-electron chi connectivity index (χ0n) is 11.6. The molecule has 1 aromatic carbocycles. The Morgan fingerprint density at radius 2 is 1.90 bits per heavy atom. The topological polar surface area (TPSA) is 46.5 Å². The van der Waals surface area contributed by atoms with Crippen LogP contribution in [-0.4, -0.2) is 17.7 Å². The van der Waals surface area contributed by atoms with E-state index in [-0.39, 0.29) is 12.4 Å². The molecule has 21 heavy (non-hydrogen) atoms. The van der Waals surface area contributed by atoms with E-state index in [1.165, 1.54) is 0 Å². The van der Waals surface area contributed by atoms with Gasteiger partial charge in [0.2, 0.25) is 0 Å². The smallest absolute Gasteiger partial charge is 0.419 e. The lowest BCUT2D eigenvalue weighted by Gasteiger charge is -2.18. The van der Waals surface area contributed by atoms with Crippen molar-refractivity contribution < 1.29 is 32.2 Å². The van der Waals surface area contributed by atoms with E-state index in [1.54, 1.807) is 13.8 Å². The summed E-state index contributed by atoms with van der Waals surface area (Å²) in [5.41, 5.74) is -2.31. The summed E-state index contributed by atoms with van der Waals surface area (Å²) in [6, 6.07) is 2.39. The molecule has 0 heterocycles. The molecule has 0 unspecified atom stereocenters. The summed E-state index contributed by atoms with van der Waals surface area (Å²) in [4.78, 5) is 10.9. The number of carbonyl (C=O) groups is 1. The van der Waals surface area contributed by atoms with Gasteiger partial charge in [-0.1, -0.05) is 0 Å². The van der Waals surface area contributed by atoms with Crippen LogP contribution < -0.4 is 4.74 Å². The van der Waals surface area contributed by atoms with Crippen molar-refractivity contribution in [1.82, 2.24) is 0 Å². The quantitative estimate of drug-likeness (QED) is 0.635. The fourth-order valence-corrected chi connectivity index (χ4v) is 1.62. The molecule has 0 amide bonds. The van der Waals surface area contributed by atoms with Gasteiger partial charge in [-0.15, -0.1) is 0 Å². The molecule has 0 aliphatic rings. The second-order valence-electron chi connectivity index (χ2n) is 5.28. The van der Waals surface area contributed by atoms with E-state index in [1.807, 2.05) is 0 Å². The van der Waals surface area contributed by atoms with Crippen LogP contribution in [-0.2, 0) is 11.0 Å². The molecule has 0 fully saturated rings. The fourth-order valence-electron chi connectivity index (χ4n) is 1.62. The van der Waals surface area contributed by atoms with Crippen LogP contribution in [0.3, 0.4) is 0 Å². The lowest BCUT2D eigenvalue weighted by Crippen LogP contribution is -2.24. The third-order valence-electron chi connectivity index (χ3n) is 3.04. The molecule has 0 aromatic heterocycles. The van der Waals surface area contributed by atoms with Gasteiger partial charge in [-0.2, -0.15) is 13.2 Å². The molecule has 1 rings (SSSR count). The Kier molecular flexibility index (Phi) is 5.20. The molecule has 0 bridgehead atoms. The van der Waals surface area contributed by atoms with E-state index >= 15 is 0 Å². The van der Waals surface area contributed by atoms with Gasteiger partial charge in [0.15, 0.2) is 0 Å². The Morgan fingerprint density at radius 3 is 2.43 bits per heavy atom. The predicted octanol–water partition coefficient (Wildman–Crippen LogP) is 4.11. The van der Waals surface area contributed by atoms with Crippen molar-refractivity contribution >= 4 is 5.97 Å². The number of alkyl halides is 3. The summed E-state index contributed by atoms with van der Waals surface area (Å²) in [5.74, 6) is -2.41. The Balaban J connectivity index is 2.60. The Labute approximate surface area is 119 Å². The van der Waals surface area contributed by atoms with E-state index in [0.717, 1.165) is 6.07 Å². The van der Waals surface area contributed by atoms with Gasteiger partial charge >= 0.3 is 12.1 Å². The molecule has 7 heteroatoms. The summed E-state index contributed by atoms with van der Waals surface area (Å²) in [6.07, 6.45) is -4.11. The summed E-state index contributed by atoms with van der Waals surface area (Å²) >= 11 is 0. The van der Waals surface area contributed by atoms with E-state index < -0.39 is 28.9 Å². The number of hydrogen-bond acceptors (Lipinski definition) is 2. The zero-order chi connectivity index (χ0) is 16.3. The maximum atomic E-state index is 13.1. The average Bonchev–Trinajstić information content (AvgIpc) is 2.34. The van der Waals surface area contributed by atoms with Crippen LogP contribution in [0.25, 0.3) is 0 Å². The highest BCUT2D eigenvalue weighted by Crippen LogP contribution is 2.33. The van der Waals surface area contributed by atoms with E-state index in [2.05, 4.69) is 0 Å². The third kappa shape index (κ3) is 4.91. The molecule has 3 nitrogen and oxygen atoms in total. The van der Waals surface area contributed by atoms with Gasteiger partial charge < -0.3 is 9.84 Å². The van der Waals surface area contributed by atoms with E-state index in [9.17, 15) is 22.4 Å². The molecule has 0 spiro atoms. The second-order valence-corrected chi connectivity index (χ2v) is 5.28. The summed E-state index contributed by atoms with van der Waals surface area (Å²) in [7, 11) is 0. The molecule has 0 aliphatic heterocycles. The average molecular weight is 308 g/mol. The van der Waals surface area contributed by atoms with Crippen molar-refractivity contribution in [3.05, 3.63) is 29.6 Å². The molecule has 0 radical (unpaired) electrons. The Hall–Kier alpha value is -1.79. The minimum atomic E-state index is -4.78. The first kappa shape index (κ1) is 17.3. The van der Waals surface area contributed by atoms with Crippen molar-refractivity contribution in [2.24, 2.45) is 5.41 Å². The standard InChI is InChI=1S/C14H16F4O3/c1-13(2,12(19)20)6-3-7-21-9-4-5-11(15)10(8-9)14(16,17)18/h4-5,8H,3,6-7H2,1-2H3,(H,19,20). The first-order valence-corrected chi connectivity index (χ1v) is 6.27. The number of carboxylic acid groups (broad SMARTS) is 1. The first-order chi connectivity index (χ1) is 9.54. The number of hydrogen-bond donors (Lipinski definition) is 1. The van der Waals surface area contributed by atoms with Crippen LogP contribution >= 0.6 is 0 Å². The van der Waals surface area contributed by atoms with Gasteiger partial charge in [0.1, 0.15) is 11.6 Å². The predicted molar refractivity (Wildman–Crippen MR) is 67.5 cm³/mol. The van der Waals surface area contributed by atoms with E-state index in [0.29, 0.717) is 25.0 Å². The van der Waals surface area contributed by atoms with Gasteiger partial charge in [0.05, 0.1) is 17.6 Å². The van der Waals surface area contributed by atoms with Crippen LogP contribution in [0.4, 0.5) is 17.6 Å². The number of halogens is 4. The normalized spacial score (nSPS) is 12.3. The summed E-state index contributed by atoms with van der Waals surface area (Å²) in [5, 5.41) is 8.91. The summed E-state index contributed by atoms with van der Waals surface area (Å²) < 4.78 is 55.7. The second kappa shape index (κ2) is 6.32. The third-order valence-corrected chi connectivity index (χ3v) is 3.04. The highest BCUT2D eigenvalue weighted by molar-refractivity contribution is 5.73. The van der Waals surface area contributed by atoms with Crippen molar-refractivity contribution in [3.63, 3.8) is 0 Å². The molecular weight excluding hydrogens is 292 g/mol. The minimum Gasteiger partial charge on any atom is -0.494 e. The highest BCUT2D eigenvalue weighted by atomic mass is 19.4. The zero-order valence-corrected chi connectivity index (χ0v) is 11.6. The van der Waals surface area contributed by atoms with Gasteiger partial charge in [0, 0.05) is 0 Å². The summed E-state index contributed by atoms with van der Waals surface area (Å²) in [6.45, 7) is 3.16. The van der Waals surface area contributed by atoms with Gasteiger partial charge in [0.25, 0.3) is 0 Å². The number of aliphatic carboxylic acids is 1. The van der Waals surface area contributed by atoms with Crippen molar-refractivity contribution in [2.75, 3.05) is 6.61 Å². The monoisotopic (exact) mass is 308 g/mol. The van der Waals surface area contributed by atoms with Crippen molar-refractivity contribution in [3.8, 4) is 5.75 Å². The fraction of sp³-hybridized carbons (Fsp3) is 0.500. The van der Waals surface area contributed by atoms with Gasteiger partial charge in [-0.3, -0.25) is 4.79 Å². The molecule has 1 N–H and O–H groups in total. The molecule has 0 aliphatic carbocycles. The van der Waals surface area contributed by atoms with Crippen LogP contribution in [0.15, 0.2) is 18.2 Å². The van der Waals surface area contributed by atoms with Gasteiger partial charge in [-0.05, 0) is 44.9 Å². The maximum Gasteiger partial charge on any atom is 0.419 e. The van der Waals surface area contributed by atoms with Crippen molar-refractivity contribution in [1.29, 1.82) is 0 Å². The lowest BCUT2D eigenvalue weighted by molar-refractivity contribution is -0.147. The molecule has 1 aromatic rings. The molecule has 0 saturated heterocycles. The SMILES string of the molecule is CC(C)(CCCOc1ccc(F)c(C(F)(F)F)c1)C(=O)O. The highest BCUT2D eigenvalue weighted by Gasteiger charge is 2.34. The van der Waals surface area contributed by atoms with Crippen LogP contribution in [0.1, 0.15) is 32.3 Å². The maximum absolute atomic E-state index is 13.1. The number of rotatable bonds is 6. The van der Waals surface area contributed by atoms with Crippen molar-refractivity contribution in [2.45, 2.75) is 32.9 Å². The molecule has 0 atom stereocenters. The van der Waals surface area contributed by atoms with Gasteiger partial charge in [-0.25, -0.2) is 4.39 Å². The van der Waals surface area contributed by atoms with E-state index in [4.69, 9.17) is 9.84 Å². The molecule has 0 saturated carbocycles. The number of benzene rings is 1. The largest absolute Gasteiger partial charge is 0.494 e. The lowest BCUT2D eigenvalue weighted by atomic mass is 9.88. The van der Waals surface area contributed by atoms with Crippen LogP contribution in [0.2, 0.25) is 0 Å².